The molecule has 1 N–H and O–H groups in total. The summed E-state index contributed by atoms with van der Waals surface area (Å²) in [6, 6.07) is 11.2. The van der Waals surface area contributed by atoms with Crippen LogP contribution in [0.5, 0.6) is 0 Å². The van der Waals surface area contributed by atoms with E-state index in [-0.39, 0.29) is 41.8 Å². The van der Waals surface area contributed by atoms with Gasteiger partial charge in [-0.2, -0.15) is 4.98 Å². The van der Waals surface area contributed by atoms with Crippen molar-refractivity contribution in [3.63, 3.8) is 0 Å². The van der Waals surface area contributed by atoms with Crippen molar-refractivity contribution in [3.8, 4) is 11.4 Å². The van der Waals surface area contributed by atoms with Crippen molar-refractivity contribution in [3.05, 3.63) is 71.5 Å². The topological polar surface area (TPSA) is 112 Å². The number of halogens is 1. The number of hydrogen-bond donors (Lipinski definition) is 1. The van der Waals surface area contributed by atoms with Gasteiger partial charge in [-0.25, -0.2) is 4.39 Å². The predicted molar refractivity (Wildman–Crippen MR) is 124 cm³/mol. The number of amides is 2. The highest BCUT2D eigenvalue weighted by molar-refractivity contribution is 6.45. The number of aromatic nitrogens is 3. The van der Waals surface area contributed by atoms with Crippen LogP contribution in [0.25, 0.3) is 22.3 Å². The molecule has 1 aliphatic rings. The summed E-state index contributed by atoms with van der Waals surface area (Å²) in [7, 11) is 0. The third kappa shape index (κ3) is 3.96. The lowest BCUT2D eigenvalue weighted by molar-refractivity contribution is -0.130. The van der Waals surface area contributed by atoms with Crippen molar-refractivity contribution >= 4 is 28.5 Å². The first kappa shape index (κ1) is 22.5. The minimum absolute atomic E-state index is 0.00570. The molecule has 2 amide bonds. The number of ketones is 1. The summed E-state index contributed by atoms with van der Waals surface area (Å²) >= 11 is 0. The monoisotopic (exact) mass is 475 g/mol. The zero-order chi connectivity index (χ0) is 24.7. The molecule has 3 heterocycles. The molecule has 1 fully saturated rings. The van der Waals surface area contributed by atoms with Gasteiger partial charge in [-0.05, 0) is 31.2 Å². The number of nitrogens with one attached hydrogen (secondary N) is 1. The number of rotatable bonds is 4. The summed E-state index contributed by atoms with van der Waals surface area (Å²) in [5, 5.41) is 3.86. The van der Waals surface area contributed by atoms with Gasteiger partial charge in [0.1, 0.15) is 5.82 Å². The van der Waals surface area contributed by atoms with Crippen LogP contribution >= 0.6 is 0 Å². The summed E-state index contributed by atoms with van der Waals surface area (Å²) in [5.74, 6) is -1.76. The highest BCUT2D eigenvalue weighted by Crippen LogP contribution is 2.31. The molecule has 178 valence electrons. The van der Waals surface area contributed by atoms with E-state index in [1.807, 2.05) is 6.07 Å². The Morgan fingerprint density at radius 2 is 1.89 bits per heavy atom. The Bertz CT molecular complexity index is 1440. The van der Waals surface area contributed by atoms with Gasteiger partial charge in [0.15, 0.2) is 0 Å². The van der Waals surface area contributed by atoms with Gasteiger partial charge in [0.2, 0.25) is 11.7 Å². The van der Waals surface area contributed by atoms with Crippen LogP contribution in [0.4, 0.5) is 4.39 Å². The second-order valence-corrected chi connectivity index (χ2v) is 8.48. The average Bonchev–Trinajstić information content (AvgIpc) is 3.51. The standard InChI is InChI=1S/C25H22FN5O4/c1-14-13-30(24(33)16-6-4-3-5-7-16)10-11-31(14)25(34)22(32)18-12-27-21-17(8-9-19(26)20(18)21)23-28-15(2)35-29-23/h3-9,12,14,27H,10-11,13H2,1-2H3. The van der Waals surface area contributed by atoms with E-state index in [0.29, 0.717) is 29.1 Å². The van der Waals surface area contributed by atoms with E-state index < -0.39 is 17.5 Å². The molecule has 0 bridgehead atoms. The maximum Gasteiger partial charge on any atom is 0.295 e. The summed E-state index contributed by atoms with van der Waals surface area (Å²) < 4.78 is 19.8. The van der Waals surface area contributed by atoms with Crippen LogP contribution in [-0.2, 0) is 4.79 Å². The minimum atomic E-state index is -0.828. The number of fused-ring (bicyclic) bond motifs is 1. The lowest BCUT2D eigenvalue weighted by Gasteiger charge is -2.39. The molecular formula is C25H22FN5O4. The minimum Gasteiger partial charge on any atom is -0.360 e. The van der Waals surface area contributed by atoms with Crippen LogP contribution in [0.2, 0.25) is 0 Å². The van der Waals surface area contributed by atoms with Gasteiger partial charge in [0, 0.05) is 55.3 Å². The highest BCUT2D eigenvalue weighted by atomic mass is 19.1. The molecule has 1 aliphatic heterocycles. The Kier molecular flexibility index (Phi) is 5.64. The van der Waals surface area contributed by atoms with E-state index in [1.165, 1.54) is 23.2 Å². The number of carbonyl (C=O) groups is 3. The molecule has 5 rings (SSSR count). The van der Waals surface area contributed by atoms with Gasteiger partial charge < -0.3 is 19.3 Å². The van der Waals surface area contributed by atoms with Gasteiger partial charge in [-0.1, -0.05) is 23.4 Å². The van der Waals surface area contributed by atoms with Gasteiger partial charge in [-0.15, -0.1) is 0 Å². The third-order valence-corrected chi connectivity index (χ3v) is 6.19. The molecule has 10 heteroatoms. The Balaban J connectivity index is 1.38. The number of piperazine rings is 1. The van der Waals surface area contributed by atoms with Crippen molar-refractivity contribution in [2.45, 2.75) is 19.9 Å². The summed E-state index contributed by atoms with van der Waals surface area (Å²) in [5.41, 5.74) is 1.25. The molecule has 2 aromatic heterocycles. The average molecular weight is 475 g/mol. The second kappa shape index (κ2) is 8.79. The van der Waals surface area contributed by atoms with Crippen LogP contribution in [0.3, 0.4) is 0 Å². The van der Waals surface area contributed by atoms with Crippen LogP contribution in [-0.4, -0.2) is 68.2 Å². The fraction of sp³-hybridized carbons (Fsp3) is 0.240. The van der Waals surface area contributed by atoms with Crippen molar-refractivity contribution in [2.24, 2.45) is 0 Å². The molecule has 1 unspecified atom stereocenters. The normalized spacial score (nSPS) is 16.0. The molecule has 0 saturated carbocycles. The fourth-order valence-electron chi connectivity index (χ4n) is 4.43. The number of aromatic amines is 1. The summed E-state index contributed by atoms with van der Waals surface area (Å²) in [4.78, 5) is 49.3. The van der Waals surface area contributed by atoms with Crippen LogP contribution in [0.15, 0.2) is 53.2 Å². The van der Waals surface area contributed by atoms with E-state index in [0.717, 1.165) is 0 Å². The Morgan fingerprint density at radius 1 is 1.11 bits per heavy atom. The smallest absolute Gasteiger partial charge is 0.295 e. The van der Waals surface area contributed by atoms with Crippen molar-refractivity contribution in [1.82, 2.24) is 24.9 Å². The van der Waals surface area contributed by atoms with Gasteiger partial charge in [0.25, 0.3) is 17.6 Å². The number of Topliss-reactive ketones (excluding diaryl/α,β-unsaturated/α-hetero) is 1. The van der Waals surface area contributed by atoms with Crippen molar-refractivity contribution in [1.29, 1.82) is 0 Å². The number of H-pyrrole nitrogens is 1. The number of benzene rings is 2. The predicted octanol–water partition coefficient (Wildman–Crippen LogP) is 3.22. The summed E-state index contributed by atoms with van der Waals surface area (Å²) in [6.07, 6.45) is 1.32. The molecule has 35 heavy (non-hydrogen) atoms. The lowest BCUT2D eigenvalue weighted by Crippen LogP contribution is -2.56. The number of carbonyl (C=O) groups excluding carboxylic acids is 3. The molecule has 4 aromatic rings. The van der Waals surface area contributed by atoms with Crippen LogP contribution in [0, 0.1) is 12.7 Å². The van der Waals surface area contributed by atoms with Crippen molar-refractivity contribution < 1.29 is 23.3 Å². The number of hydrogen-bond acceptors (Lipinski definition) is 6. The van der Waals surface area contributed by atoms with E-state index in [9.17, 15) is 18.8 Å². The molecule has 1 saturated heterocycles. The summed E-state index contributed by atoms with van der Waals surface area (Å²) in [6.45, 7) is 4.19. The van der Waals surface area contributed by atoms with Gasteiger partial charge in [0.05, 0.1) is 11.1 Å². The molecule has 0 spiro atoms. The van der Waals surface area contributed by atoms with E-state index >= 15 is 0 Å². The largest absolute Gasteiger partial charge is 0.360 e. The maximum absolute atomic E-state index is 14.8. The SMILES string of the molecule is Cc1nc(-c2ccc(F)c3c(C(=O)C(=O)N4CCN(C(=O)c5ccccc5)CC4C)c[nH]c23)no1. The Morgan fingerprint density at radius 3 is 2.57 bits per heavy atom. The first-order valence-corrected chi connectivity index (χ1v) is 11.1. The first-order chi connectivity index (χ1) is 16.8. The maximum atomic E-state index is 14.8. The number of aryl methyl sites for hydroxylation is 1. The molecule has 1 atom stereocenters. The van der Waals surface area contributed by atoms with Gasteiger partial charge in [-0.3, -0.25) is 14.4 Å². The molecular weight excluding hydrogens is 453 g/mol. The van der Waals surface area contributed by atoms with E-state index in [1.54, 1.807) is 43.0 Å². The van der Waals surface area contributed by atoms with Gasteiger partial charge >= 0.3 is 0 Å². The number of nitrogens with zero attached hydrogens (tertiary/aromatic N) is 4. The quantitative estimate of drug-likeness (QED) is 0.358. The Hall–Kier alpha value is -4.34. The van der Waals surface area contributed by atoms with E-state index in [4.69, 9.17) is 4.52 Å². The van der Waals surface area contributed by atoms with Crippen LogP contribution < -0.4 is 0 Å². The second-order valence-electron chi connectivity index (χ2n) is 8.48. The van der Waals surface area contributed by atoms with E-state index in [2.05, 4.69) is 15.1 Å². The zero-order valence-corrected chi connectivity index (χ0v) is 19.1. The molecule has 0 radical (unpaired) electrons. The molecule has 2 aromatic carbocycles. The lowest BCUT2D eigenvalue weighted by atomic mass is 10.0. The Labute approximate surface area is 199 Å². The first-order valence-electron chi connectivity index (χ1n) is 11.1. The fourth-order valence-corrected chi connectivity index (χ4v) is 4.43. The zero-order valence-electron chi connectivity index (χ0n) is 19.1. The molecule has 9 nitrogen and oxygen atoms in total. The third-order valence-electron chi connectivity index (χ3n) is 6.19. The highest BCUT2D eigenvalue weighted by Gasteiger charge is 2.35. The molecule has 0 aliphatic carbocycles. The van der Waals surface area contributed by atoms with Crippen LogP contribution in [0.1, 0.15) is 33.5 Å². The van der Waals surface area contributed by atoms with Crippen molar-refractivity contribution in [2.75, 3.05) is 19.6 Å².